The van der Waals surface area contributed by atoms with Crippen LogP contribution in [0.15, 0.2) is 89.1 Å². The molecule has 0 amide bonds. The first-order chi connectivity index (χ1) is 13.6. The first-order valence-electron chi connectivity index (χ1n) is 9.00. The summed E-state index contributed by atoms with van der Waals surface area (Å²) < 4.78 is 10.5. The van der Waals surface area contributed by atoms with E-state index in [1.165, 1.54) is 0 Å². The van der Waals surface area contributed by atoms with Crippen molar-refractivity contribution in [2.45, 2.75) is 6.92 Å². The fraction of sp³-hybridized carbons (Fsp3) is 0.0833. The van der Waals surface area contributed by atoms with Gasteiger partial charge >= 0.3 is 11.9 Å². The van der Waals surface area contributed by atoms with Crippen LogP contribution < -0.4 is 0 Å². The zero-order valence-corrected chi connectivity index (χ0v) is 15.3. The third-order valence-electron chi connectivity index (χ3n) is 4.67. The van der Waals surface area contributed by atoms with Crippen LogP contribution in [0.3, 0.4) is 0 Å². The molecule has 138 valence electrons. The Morgan fingerprint density at radius 3 is 2.29 bits per heavy atom. The summed E-state index contributed by atoms with van der Waals surface area (Å²) in [6.07, 6.45) is 5.32. The van der Waals surface area contributed by atoms with Gasteiger partial charge in [-0.2, -0.15) is 0 Å². The molecule has 3 aromatic rings. The molecular weight excluding hydrogens is 352 g/mol. The maximum Gasteiger partial charge on any atom is 0.342 e. The maximum absolute atomic E-state index is 12.1. The molecule has 0 spiro atoms. The zero-order valence-electron chi connectivity index (χ0n) is 15.3. The van der Waals surface area contributed by atoms with E-state index in [0.717, 1.165) is 28.0 Å². The first kappa shape index (κ1) is 17.7. The number of carbonyl (C=O) groups is 2. The second kappa shape index (κ2) is 7.53. The van der Waals surface area contributed by atoms with Crippen LogP contribution in [0.5, 0.6) is 0 Å². The van der Waals surface area contributed by atoms with Gasteiger partial charge in [0.2, 0.25) is 0 Å². The maximum atomic E-state index is 12.1. The highest BCUT2D eigenvalue weighted by Crippen LogP contribution is 2.31. The van der Waals surface area contributed by atoms with E-state index >= 15 is 0 Å². The molecule has 1 aromatic heterocycles. The molecule has 0 N–H and O–H groups in total. The number of rotatable bonds is 4. The van der Waals surface area contributed by atoms with Crippen LogP contribution >= 0.6 is 0 Å². The Hall–Kier alpha value is -3.66. The molecule has 4 rings (SSSR count). The molecule has 1 unspecified atom stereocenters. The highest BCUT2D eigenvalue weighted by molar-refractivity contribution is 6.09. The van der Waals surface area contributed by atoms with Gasteiger partial charge in [0, 0.05) is 11.1 Å². The predicted molar refractivity (Wildman–Crippen MR) is 107 cm³/mol. The van der Waals surface area contributed by atoms with Crippen molar-refractivity contribution >= 4 is 23.6 Å². The Morgan fingerprint density at radius 2 is 1.64 bits per heavy atom. The van der Waals surface area contributed by atoms with Crippen LogP contribution in [-0.4, -0.2) is 11.9 Å². The SMILES string of the molecule is CC1C(=O)OC(=O)C1=CC(=Cc1ccccc1)c1coc(-c2ccccc2)c1. The van der Waals surface area contributed by atoms with Crippen molar-refractivity contribution in [2.75, 3.05) is 0 Å². The van der Waals surface area contributed by atoms with E-state index in [4.69, 9.17) is 9.15 Å². The largest absolute Gasteiger partial charge is 0.464 e. The van der Waals surface area contributed by atoms with E-state index < -0.39 is 17.9 Å². The van der Waals surface area contributed by atoms with Gasteiger partial charge in [0.25, 0.3) is 0 Å². The standard InChI is InChI=1S/C24H18O4/c1-16-21(24(26)28-23(16)25)13-19(12-17-8-4-2-5-9-17)20-14-22(27-15-20)18-10-6-3-7-11-18/h2-16H,1H3. The van der Waals surface area contributed by atoms with Crippen LogP contribution in [-0.2, 0) is 14.3 Å². The van der Waals surface area contributed by atoms with Crippen molar-refractivity contribution in [3.8, 4) is 11.3 Å². The fourth-order valence-corrected chi connectivity index (χ4v) is 3.07. The first-order valence-corrected chi connectivity index (χ1v) is 9.00. The molecule has 1 saturated heterocycles. The van der Waals surface area contributed by atoms with Crippen molar-refractivity contribution in [2.24, 2.45) is 5.92 Å². The minimum absolute atomic E-state index is 0.342. The summed E-state index contributed by atoms with van der Waals surface area (Å²) in [5, 5.41) is 0. The van der Waals surface area contributed by atoms with Gasteiger partial charge in [0.15, 0.2) is 0 Å². The molecular formula is C24H18O4. The van der Waals surface area contributed by atoms with Gasteiger partial charge in [-0.05, 0) is 36.3 Å². The molecule has 1 atom stereocenters. The smallest absolute Gasteiger partial charge is 0.342 e. The Morgan fingerprint density at radius 1 is 0.964 bits per heavy atom. The van der Waals surface area contributed by atoms with Gasteiger partial charge in [-0.25, -0.2) is 4.79 Å². The number of hydrogen-bond acceptors (Lipinski definition) is 4. The lowest BCUT2D eigenvalue weighted by molar-refractivity contribution is -0.152. The van der Waals surface area contributed by atoms with Crippen molar-refractivity contribution in [1.82, 2.24) is 0 Å². The quantitative estimate of drug-likeness (QED) is 0.363. The average Bonchev–Trinajstić information content (AvgIpc) is 3.30. The van der Waals surface area contributed by atoms with Crippen LogP contribution in [0.1, 0.15) is 18.1 Å². The summed E-state index contributed by atoms with van der Waals surface area (Å²) in [5.74, 6) is -0.978. The summed E-state index contributed by atoms with van der Waals surface area (Å²) in [4.78, 5) is 23.8. The number of carbonyl (C=O) groups excluding carboxylic acids is 2. The lowest BCUT2D eigenvalue weighted by Crippen LogP contribution is -2.03. The Kier molecular flexibility index (Phi) is 4.77. The Balaban J connectivity index is 1.79. The fourth-order valence-electron chi connectivity index (χ4n) is 3.07. The summed E-state index contributed by atoms with van der Waals surface area (Å²) in [5.41, 5.74) is 3.86. The molecule has 1 fully saturated rings. The third-order valence-corrected chi connectivity index (χ3v) is 4.67. The average molecular weight is 370 g/mol. The van der Waals surface area contributed by atoms with Crippen LogP contribution in [0.25, 0.3) is 23.0 Å². The number of esters is 2. The summed E-state index contributed by atoms with van der Waals surface area (Å²) in [6.45, 7) is 1.67. The van der Waals surface area contributed by atoms with E-state index in [0.29, 0.717) is 5.57 Å². The highest BCUT2D eigenvalue weighted by atomic mass is 16.6. The number of furan rings is 1. The second-order valence-corrected chi connectivity index (χ2v) is 6.61. The van der Waals surface area contributed by atoms with E-state index in [1.807, 2.05) is 72.8 Å². The molecule has 0 radical (unpaired) electrons. The van der Waals surface area contributed by atoms with E-state index in [9.17, 15) is 9.59 Å². The zero-order chi connectivity index (χ0) is 19.5. The van der Waals surface area contributed by atoms with Crippen LogP contribution in [0, 0.1) is 5.92 Å². The second-order valence-electron chi connectivity index (χ2n) is 6.61. The molecule has 28 heavy (non-hydrogen) atoms. The van der Waals surface area contributed by atoms with Crippen molar-refractivity contribution in [3.05, 3.63) is 95.8 Å². The van der Waals surface area contributed by atoms with Crippen molar-refractivity contribution in [3.63, 3.8) is 0 Å². The Bertz CT molecular complexity index is 1070. The summed E-state index contributed by atoms with van der Waals surface area (Å²) in [6, 6.07) is 21.5. The molecule has 1 aliphatic rings. The van der Waals surface area contributed by atoms with Gasteiger partial charge in [-0.3, -0.25) is 4.79 Å². The van der Waals surface area contributed by atoms with Gasteiger partial charge in [-0.1, -0.05) is 60.7 Å². The van der Waals surface area contributed by atoms with Gasteiger partial charge in [0.1, 0.15) is 5.76 Å². The molecule has 4 nitrogen and oxygen atoms in total. The summed E-state index contributed by atoms with van der Waals surface area (Å²) >= 11 is 0. The number of hydrogen-bond donors (Lipinski definition) is 0. The van der Waals surface area contributed by atoms with Crippen LogP contribution in [0.4, 0.5) is 0 Å². The van der Waals surface area contributed by atoms with Crippen molar-refractivity contribution in [1.29, 1.82) is 0 Å². The number of benzene rings is 2. The molecule has 1 aliphatic heterocycles. The van der Waals surface area contributed by atoms with Crippen molar-refractivity contribution < 1.29 is 18.7 Å². The van der Waals surface area contributed by atoms with Gasteiger partial charge < -0.3 is 9.15 Å². The predicted octanol–water partition coefficient (Wildman–Crippen LogP) is 5.13. The minimum atomic E-state index is -0.594. The topological polar surface area (TPSA) is 56.5 Å². The third kappa shape index (κ3) is 3.58. The number of ether oxygens (including phenoxy) is 1. The van der Waals surface area contributed by atoms with E-state index in [2.05, 4.69) is 0 Å². The van der Waals surface area contributed by atoms with Crippen LogP contribution in [0.2, 0.25) is 0 Å². The lowest BCUT2D eigenvalue weighted by Gasteiger charge is -2.03. The number of cyclic esters (lactones) is 2. The lowest BCUT2D eigenvalue weighted by atomic mass is 9.97. The van der Waals surface area contributed by atoms with E-state index in [-0.39, 0.29) is 0 Å². The molecule has 0 aliphatic carbocycles. The minimum Gasteiger partial charge on any atom is -0.464 e. The highest BCUT2D eigenvalue weighted by Gasteiger charge is 2.35. The number of allylic oxidation sites excluding steroid dienone is 2. The monoisotopic (exact) mass is 370 g/mol. The van der Waals surface area contributed by atoms with E-state index in [1.54, 1.807) is 19.3 Å². The molecule has 0 bridgehead atoms. The molecule has 2 aromatic carbocycles. The molecule has 0 saturated carbocycles. The van der Waals surface area contributed by atoms with Gasteiger partial charge in [-0.15, -0.1) is 0 Å². The summed E-state index contributed by atoms with van der Waals surface area (Å²) in [7, 11) is 0. The Labute approximate surface area is 162 Å². The molecule has 4 heteroatoms. The molecule has 2 heterocycles. The normalized spacial score (nSPS) is 18.5. The van der Waals surface area contributed by atoms with Gasteiger partial charge in [0.05, 0.1) is 17.8 Å².